The van der Waals surface area contributed by atoms with E-state index in [0.717, 1.165) is 67.8 Å². The Hall–Kier alpha value is -4.85. The van der Waals surface area contributed by atoms with Gasteiger partial charge >= 0.3 is 0 Å². The van der Waals surface area contributed by atoms with Crippen LogP contribution in [0.5, 0.6) is 0 Å². The number of fused-ring (bicyclic) bond motifs is 2. The Labute approximate surface area is 214 Å². The second-order valence-corrected chi connectivity index (χ2v) is 9.50. The summed E-state index contributed by atoms with van der Waals surface area (Å²) in [4.78, 5) is 21.6. The lowest BCUT2D eigenvalue weighted by Gasteiger charge is -2.12. The fourth-order valence-electron chi connectivity index (χ4n) is 4.55. The number of anilines is 1. The number of aromatic nitrogens is 7. The molecule has 8 heteroatoms. The van der Waals surface area contributed by atoms with Crippen molar-refractivity contribution in [2.24, 2.45) is 5.92 Å². The molecule has 0 unspecified atom stereocenters. The summed E-state index contributed by atoms with van der Waals surface area (Å²) < 4.78 is 0. The van der Waals surface area contributed by atoms with Gasteiger partial charge in [-0.05, 0) is 54.3 Å². The molecule has 5 heterocycles. The van der Waals surface area contributed by atoms with Gasteiger partial charge in [0.1, 0.15) is 11.2 Å². The van der Waals surface area contributed by atoms with Gasteiger partial charge in [-0.3, -0.25) is 20.1 Å². The van der Waals surface area contributed by atoms with Crippen molar-refractivity contribution in [1.82, 2.24) is 35.1 Å². The molecule has 0 bridgehead atoms. The number of allylic oxidation sites excluding steroid dienone is 1. The van der Waals surface area contributed by atoms with E-state index in [1.54, 1.807) is 18.6 Å². The van der Waals surface area contributed by atoms with E-state index in [4.69, 9.17) is 4.98 Å². The average Bonchev–Trinajstić information content (AvgIpc) is 3.52. The third kappa shape index (κ3) is 4.45. The maximum Gasteiger partial charge on any atom is 0.159 e. The third-order valence-electron chi connectivity index (χ3n) is 6.17. The number of aromatic amines is 2. The zero-order valence-electron chi connectivity index (χ0n) is 20.7. The summed E-state index contributed by atoms with van der Waals surface area (Å²) >= 11 is 0. The molecule has 6 rings (SSSR count). The van der Waals surface area contributed by atoms with Crippen molar-refractivity contribution in [3.63, 3.8) is 0 Å². The monoisotopic (exact) mass is 486 g/mol. The lowest BCUT2D eigenvalue weighted by Crippen LogP contribution is -2.02. The van der Waals surface area contributed by atoms with Gasteiger partial charge in [-0.15, -0.1) is 0 Å². The van der Waals surface area contributed by atoms with Crippen molar-refractivity contribution in [3.05, 3.63) is 85.7 Å². The topological polar surface area (TPSA) is 108 Å². The van der Waals surface area contributed by atoms with E-state index in [1.807, 2.05) is 36.7 Å². The van der Waals surface area contributed by atoms with Gasteiger partial charge in [-0.1, -0.05) is 26.5 Å². The molecule has 0 atom stereocenters. The minimum Gasteiger partial charge on any atom is -0.358 e. The first-order valence-corrected chi connectivity index (χ1v) is 12.2. The molecule has 0 saturated heterocycles. The van der Waals surface area contributed by atoms with Crippen LogP contribution in [-0.2, 0) is 0 Å². The SMILES string of the molecule is C=C(CC(C)C)Nc1cncc(-c2ccc3[nH]nc(-c4nc5c(-c6cccnc6)nccc5[nH]4)c3c2)c1. The van der Waals surface area contributed by atoms with Gasteiger partial charge < -0.3 is 10.3 Å². The minimum absolute atomic E-state index is 0.535. The molecule has 37 heavy (non-hydrogen) atoms. The van der Waals surface area contributed by atoms with Crippen LogP contribution < -0.4 is 5.32 Å². The Morgan fingerprint density at radius 2 is 1.81 bits per heavy atom. The molecule has 0 aliphatic rings. The number of benzene rings is 1. The molecule has 0 saturated carbocycles. The van der Waals surface area contributed by atoms with Crippen LogP contribution >= 0.6 is 0 Å². The highest BCUT2D eigenvalue weighted by Crippen LogP contribution is 2.32. The molecule has 0 amide bonds. The average molecular weight is 487 g/mol. The van der Waals surface area contributed by atoms with Crippen molar-refractivity contribution in [2.45, 2.75) is 20.3 Å². The number of pyridine rings is 3. The van der Waals surface area contributed by atoms with Crippen molar-refractivity contribution >= 4 is 27.6 Å². The zero-order valence-corrected chi connectivity index (χ0v) is 20.7. The lowest BCUT2D eigenvalue weighted by molar-refractivity contribution is 0.645. The number of nitrogens with one attached hydrogen (secondary N) is 3. The zero-order chi connectivity index (χ0) is 25.4. The van der Waals surface area contributed by atoms with Crippen LogP contribution in [0.15, 0.2) is 85.7 Å². The molecular weight excluding hydrogens is 460 g/mol. The molecule has 5 aromatic heterocycles. The minimum atomic E-state index is 0.535. The maximum atomic E-state index is 4.89. The Balaban J connectivity index is 1.38. The van der Waals surface area contributed by atoms with Crippen LogP contribution in [0, 0.1) is 5.92 Å². The van der Waals surface area contributed by atoms with E-state index < -0.39 is 0 Å². The van der Waals surface area contributed by atoms with E-state index >= 15 is 0 Å². The smallest absolute Gasteiger partial charge is 0.159 e. The molecular formula is C29H26N8. The first kappa shape index (κ1) is 22.6. The molecule has 182 valence electrons. The summed E-state index contributed by atoms with van der Waals surface area (Å²) in [7, 11) is 0. The molecule has 0 aliphatic heterocycles. The fourth-order valence-corrected chi connectivity index (χ4v) is 4.55. The van der Waals surface area contributed by atoms with Gasteiger partial charge in [-0.2, -0.15) is 5.10 Å². The van der Waals surface area contributed by atoms with E-state index in [-0.39, 0.29) is 0 Å². The molecule has 0 fully saturated rings. The van der Waals surface area contributed by atoms with Gasteiger partial charge in [0.2, 0.25) is 0 Å². The molecule has 3 N–H and O–H groups in total. The van der Waals surface area contributed by atoms with Crippen LogP contribution in [-0.4, -0.2) is 35.1 Å². The normalized spacial score (nSPS) is 11.4. The first-order chi connectivity index (χ1) is 18.0. The quantitative estimate of drug-likeness (QED) is 0.235. The first-order valence-electron chi connectivity index (χ1n) is 12.2. The molecule has 0 spiro atoms. The highest BCUT2D eigenvalue weighted by molar-refractivity contribution is 5.97. The summed E-state index contributed by atoms with van der Waals surface area (Å²) in [6, 6.07) is 14.1. The summed E-state index contributed by atoms with van der Waals surface area (Å²) in [5.41, 5.74) is 8.98. The number of nitrogens with zero attached hydrogens (tertiary/aromatic N) is 5. The summed E-state index contributed by atoms with van der Waals surface area (Å²) in [6.45, 7) is 8.50. The van der Waals surface area contributed by atoms with Crippen LogP contribution in [0.3, 0.4) is 0 Å². The van der Waals surface area contributed by atoms with E-state index in [9.17, 15) is 0 Å². The number of H-pyrrole nitrogens is 2. The van der Waals surface area contributed by atoms with Gasteiger partial charge in [0.25, 0.3) is 0 Å². The summed E-state index contributed by atoms with van der Waals surface area (Å²) in [5, 5.41) is 12.1. The second-order valence-electron chi connectivity index (χ2n) is 9.50. The van der Waals surface area contributed by atoms with Crippen molar-refractivity contribution in [1.29, 1.82) is 0 Å². The lowest BCUT2D eigenvalue weighted by atomic mass is 10.0. The molecule has 0 aliphatic carbocycles. The van der Waals surface area contributed by atoms with Gasteiger partial charge in [0, 0.05) is 47.0 Å². The highest BCUT2D eigenvalue weighted by Gasteiger charge is 2.16. The Morgan fingerprint density at radius 3 is 2.65 bits per heavy atom. The summed E-state index contributed by atoms with van der Waals surface area (Å²) in [6.07, 6.45) is 9.91. The van der Waals surface area contributed by atoms with E-state index in [1.165, 1.54) is 0 Å². The third-order valence-corrected chi connectivity index (χ3v) is 6.17. The standard InChI is InChI=1S/C29H26N8/c1-17(2)11-18(3)33-22-12-21(15-31-16-22)19-6-7-24-23(13-19)27(37-36-24)29-34-25-8-10-32-26(28(25)35-29)20-5-4-9-30-14-20/h4-10,12-17,33H,3,11H2,1-2H3,(H,34,35)(H,36,37). The van der Waals surface area contributed by atoms with Crippen molar-refractivity contribution in [2.75, 3.05) is 5.32 Å². The van der Waals surface area contributed by atoms with Crippen LogP contribution in [0.25, 0.3) is 55.8 Å². The maximum absolute atomic E-state index is 4.89. The largest absolute Gasteiger partial charge is 0.358 e. The predicted octanol–water partition coefficient (Wildman–Crippen LogP) is 6.60. The molecule has 6 aromatic rings. The Bertz CT molecular complexity index is 1730. The highest BCUT2D eigenvalue weighted by atomic mass is 15.1. The van der Waals surface area contributed by atoms with Crippen LogP contribution in [0.2, 0.25) is 0 Å². The van der Waals surface area contributed by atoms with Gasteiger partial charge in [0.15, 0.2) is 5.82 Å². The van der Waals surface area contributed by atoms with Gasteiger partial charge in [0.05, 0.1) is 28.6 Å². The van der Waals surface area contributed by atoms with Crippen LogP contribution in [0.1, 0.15) is 20.3 Å². The van der Waals surface area contributed by atoms with E-state index in [2.05, 4.69) is 74.1 Å². The molecule has 8 nitrogen and oxygen atoms in total. The summed E-state index contributed by atoms with van der Waals surface area (Å²) in [5.74, 6) is 1.21. The number of imidazole rings is 1. The van der Waals surface area contributed by atoms with Crippen molar-refractivity contribution in [3.8, 4) is 33.9 Å². The number of hydrogen-bond acceptors (Lipinski definition) is 6. The number of hydrogen-bond donors (Lipinski definition) is 3. The van der Waals surface area contributed by atoms with Crippen molar-refractivity contribution < 1.29 is 0 Å². The Morgan fingerprint density at radius 1 is 0.919 bits per heavy atom. The Kier molecular flexibility index (Phi) is 5.69. The molecule has 1 aromatic carbocycles. The molecule has 0 radical (unpaired) electrons. The fraction of sp³-hybridized carbons (Fsp3) is 0.138. The van der Waals surface area contributed by atoms with Gasteiger partial charge in [-0.25, -0.2) is 4.98 Å². The predicted molar refractivity (Wildman–Crippen MR) is 148 cm³/mol. The van der Waals surface area contributed by atoms with E-state index in [0.29, 0.717) is 11.7 Å². The van der Waals surface area contributed by atoms with Crippen LogP contribution in [0.4, 0.5) is 5.69 Å². The number of rotatable bonds is 7. The second kappa shape index (κ2) is 9.31.